The number of amides is 1. The summed E-state index contributed by atoms with van der Waals surface area (Å²) in [5, 5.41) is 22.0. The van der Waals surface area contributed by atoms with Gasteiger partial charge in [-0.25, -0.2) is 4.79 Å². The van der Waals surface area contributed by atoms with Crippen LogP contribution in [0.4, 0.5) is 5.69 Å². The fourth-order valence-corrected chi connectivity index (χ4v) is 4.17. The number of aromatic amines is 1. The minimum absolute atomic E-state index is 0.468. The van der Waals surface area contributed by atoms with E-state index < -0.39 is 23.9 Å². The van der Waals surface area contributed by atoms with Crippen LogP contribution in [-0.4, -0.2) is 74.0 Å². The number of nitrogens with zero attached hydrogens (tertiary/aromatic N) is 3. The van der Waals surface area contributed by atoms with Gasteiger partial charge in [0.2, 0.25) is 5.91 Å². The van der Waals surface area contributed by atoms with Gasteiger partial charge < -0.3 is 20.5 Å². The van der Waals surface area contributed by atoms with Gasteiger partial charge in [-0.2, -0.15) is 0 Å². The first-order valence-corrected chi connectivity index (χ1v) is 10.8. The highest BCUT2D eigenvalue weighted by atomic mass is 16.4. The van der Waals surface area contributed by atoms with Crippen LogP contribution in [-0.2, 0) is 20.9 Å². The fourth-order valence-electron chi connectivity index (χ4n) is 4.17. The molecule has 1 aliphatic heterocycles. The van der Waals surface area contributed by atoms with Crippen LogP contribution in [0.3, 0.4) is 0 Å². The number of aliphatic carboxylic acids is 2. The van der Waals surface area contributed by atoms with Crippen molar-refractivity contribution in [3.05, 3.63) is 72.2 Å². The Bertz CT molecular complexity index is 1210. The first kappa shape index (κ1) is 23.1. The molecule has 4 rings (SSSR count). The van der Waals surface area contributed by atoms with Crippen LogP contribution in [0.1, 0.15) is 17.3 Å². The van der Waals surface area contributed by atoms with Crippen molar-refractivity contribution in [1.82, 2.24) is 19.8 Å². The SMILES string of the molecule is O=C(O)C=CC(=O)Nc1ccc2c(C(C(=O)O)N3CCN(Cc4ccccn4)CC3)c[nH]c2c1. The number of carbonyl (C=O) groups is 3. The maximum Gasteiger partial charge on any atom is 0.328 e. The number of carbonyl (C=O) groups excluding carboxylic acids is 1. The molecule has 3 aromatic rings. The molecular formula is C24H25N5O5. The molecule has 4 N–H and O–H groups in total. The van der Waals surface area contributed by atoms with Crippen LogP contribution in [0.25, 0.3) is 10.9 Å². The van der Waals surface area contributed by atoms with Gasteiger partial charge in [0.25, 0.3) is 0 Å². The van der Waals surface area contributed by atoms with Crippen molar-refractivity contribution in [2.45, 2.75) is 12.6 Å². The normalized spacial score (nSPS) is 16.0. The molecule has 1 atom stereocenters. The number of carboxylic acid groups (broad SMARTS) is 2. The zero-order chi connectivity index (χ0) is 24.1. The summed E-state index contributed by atoms with van der Waals surface area (Å²) in [4.78, 5) is 46.3. The third-order valence-corrected chi connectivity index (χ3v) is 5.77. The summed E-state index contributed by atoms with van der Waals surface area (Å²) in [6, 6.07) is 10.1. The third-order valence-electron chi connectivity index (χ3n) is 5.77. The maximum atomic E-state index is 12.3. The molecule has 0 spiro atoms. The minimum atomic E-state index is -1.21. The Morgan fingerprint density at radius 1 is 1.09 bits per heavy atom. The summed E-state index contributed by atoms with van der Waals surface area (Å²) in [6.45, 7) is 3.43. The zero-order valence-electron chi connectivity index (χ0n) is 18.3. The second kappa shape index (κ2) is 10.3. The number of fused-ring (bicyclic) bond motifs is 1. The second-order valence-corrected chi connectivity index (χ2v) is 8.04. The highest BCUT2D eigenvalue weighted by Crippen LogP contribution is 2.31. The summed E-state index contributed by atoms with van der Waals surface area (Å²) < 4.78 is 0. The van der Waals surface area contributed by atoms with Crippen molar-refractivity contribution in [3.8, 4) is 0 Å². The summed E-state index contributed by atoms with van der Waals surface area (Å²) in [5.74, 6) is -2.70. The van der Waals surface area contributed by atoms with Gasteiger partial charge in [0, 0.05) is 79.4 Å². The first-order valence-electron chi connectivity index (χ1n) is 10.8. The number of anilines is 1. The van der Waals surface area contributed by atoms with Gasteiger partial charge in [-0.3, -0.25) is 24.4 Å². The van der Waals surface area contributed by atoms with E-state index in [9.17, 15) is 19.5 Å². The number of carboxylic acids is 2. The molecular weight excluding hydrogens is 438 g/mol. The molecule has 1 aliphatic rings. The van der Waals surface area contributed by atoms with Crippen molar-refractivity contribution < 1.29 is 24.6 Å². The van der Waals surface area contributed by atoms with Gasteiger partial charge in [-0.1, -0.05) is 12.1 Å². The second-order valence-electron chi connectivity index (χ2n) is 8.04. The first-order chi connectivity index (χ1) is 16.4. The van der Waals surface area contributed by atoms with Crippen molar-refractivity contribution in [2.75, 3.05) is 31.5 Å². The van der Waals surface area contributed by atoms with Crippen molar-refractivity contribution in [1.29, 1.82) is 0 Å². The third kappa shape index (κ3) is 5.48. The lowest BCUT2D eigenvalue weighted by Crippen LogP contribution is -2.48. The van der Waals surface area contributed by atoms with E-state index in [4.69, 9.17) is 5.11 Å². The smallest absolute Gasteiger partial charge is 0.328 e. The molecule has 176 valence electrons. The maximum absolute atomic E-state index is 12.3. The monoisotopic (exact) mass is 463 g/mol. The number of benzene rings is 1. The van der Waals surface area contributed by atoms with Crippen LogP contribution >= 0.6 is 0 Å². The van der Waals surface area contributed by atoms with Gasteiger partial charge in [0.05, 0.1) is 5.69 Å². The lowest BCUT2D eigenvalue weighted by molar-refractivity contribution is -0.144. The molecule has 1 aromatic carbocycles. The van der Waals surface area contributed by atoms with Crippen LogP contribution in [0.15, 0.2) is 60.9 Å². The molecule has 1 amide bonds. The predicted molar refractivity (Wildman–Crippen MR) is 125 cm³/mol. The van der Waals surface area contributed by atoms with E-state index in [1.54, 1.807) is 30.6 Å². The molecule has 2 aromatic heterocycles. The quantitative estimate of drug-likeness (QED) is 0.373. The van der Waals surface area contributed by atoms with Gasteiger partial charge in [0.1, 0.15) is 6.04 Å². The molecule has 0 saturated carbocycles. The largest absolute Gasteiger partial charge is 0.480 e. The molecule has 34 heavy (non-hydrogen) atoms. The van der Waals surface area contributed by atoms with Crippen molar-refractivity contribution >= 4 is 34.4 Å². The summed E-state index contributed by atoms with van der Waals surface area (Å²) in [6.07, 6.45) is 5.15. The van der Waals surface area contributed by atoms with Crippen LogP contribution in [0.2, 0.25) is 0 Å². The van der Waals surface area contributed by atoms with Crippen LogP contribution in [0.5, 0.6) is 0 Å². The Balaban J connectivity index is 1.46. The minimum Gasteiger partial charge on any atom is -0.480 e. The molecule has 1 unspecified atom stereocenters. The van der Waals surface area contributed by atoms with Gasteiger partial charge >= 0.3 is 11.9 Å². The fraction of sp³-hybridized carbons (Fsp3) is 0.250. The lowest BCUT2D eigenvalue weighted by Gasteiger charge is -2.37. The molecule has 10 nitrogen and oxygen atoms in total. The summed E-state index contributed by atoms with van der Waals surface area (Å²) in [7, 11) is 0. The Morgan fingerprint density at radius 2 is 1.88 bits per heavy atom. The summed E-state index contributed by atoms with van der Waals surface area (Å²) >= 11 is 0. The Labute approximate surface area is 195 Å². The zero-order valence-corrected chi connectivity index (χ0v) is 18.3. The van der Waals surface area contributed by atoms with E-state index in [-0.39, 0.29) is 0 Å². The van der Waals surface area contributed by atoms with E-state index in [0.717, 1.165) is 42.9 Å². The average molecular weight is 463 g/mol. The van der Waals surface area contributed by atoms with Gasteiger partial charge in [-0.15, -0.1) is 0 Å². The van der Waals surface area contributed by atoms with E-state index in [2.05, 4.69) is 20.2 Å². The molecule has 3 heterocycles. The Morgan fingerprint density at radius 3 is 2.56 bits per heavy atom. The molecule has 10 heteroatoms. The Kier molecular flexibility index (Phi) is 7.00. The lowest BCUT2D eigenvalue weighted by atomic mass is 10.0. The predicted octanol–water partition coefficient (Wildman–Crippen LogP) is 2.09. The van der Waals surface area contributed by atoms with Crippen molar-refractivity contribution in [3.63, 3.8) is 0 Å². The molecule has 0 aliphatic carbocycles. The summed E-state index contributed by atoms with van der Waals surface area (Å²) in [5.41, 5.74) is 2.79. The Hall–Kier alpha value is -4.02. The molecule has 1 saturated heterocycles. The standard InChI is InChI=1S/C24H25N5O5/c30-21(6-7-22(31)32)27-16-4-5-18-19(14-26-20(18)13-16)23(24(33)34)29-11-9-28(10-12-29)15-17-3-1-2-8-25-17/h1-8,13-14,23,26H,9-12,15H2,(H,27,30)(H,31,32)(H,33,34). The number of piperazine rings is 1. The van der Waals surface area contributed by atoms with E-state index >= 15 is 0 Å². The number of hydrogen-bond donors (Lipinski definition) is 4. The topological polar surface area (TPSA) is 139 Å². The number of pyridine rings is 1. The van der Waals surface area contributed by atoms with Crippen LogP contribution < -0.4 is 5.32 Å². The van der Waals surface area contributed by atoms with Crippen LogP contribution in [0, 0.1) is 0 Å². The highest BCUT2D eigenvalue weighted by molar-refractivity contribution is 6.03. The van der Waals surface area contributed by atoms with E-state index in [0.29, 0.717) is 29.9 Å². The van der Waals surface area contributed by atoms with Crippen molar-refractivity contribution in [2.24, 2.45) is 0 Å². The molecule has 0 radical (unpaired) electrons. The number of nitrogens with one attached hydrogen (secondary N) is 2. The average Bonchev–Trinajstić information content (AvgIpc) is 3.22. The van der Waals surface area contributed by atoms with E-state index in [1.165, 1.54) is 0 Å². The van der Waals surface area contributed by atoms with E-state index in [1.807, 2.05) is 23.1 Å². The molecule has 0 bridgehead atoms. The number of H-pyrrole nitrogens is 1. The highest BCUT2D eigenvalue weighted by Gasteiger charge is 2.32. The number of aromatic nitrogens is 2. The number of hydrogen-bond acceptors (Lipinski definition) is 6. The van der Waals surface area contributed by atoms with Gasteiger partial charge in [0.15, 0.2) is 0 Å². The molecule has 1 fully saturated rings. The number of rotatable bonds is 8. The van der Waals surface area contributed by atoms with Gasteiger partial charge in [-0.05, 0) is 24.3 Å².